The maximum atomic E-state index is 10.8. The highest BCUT2D eigenvalue weighted by Gasteiger charge is 2.19. The van der Waals surface area contributed by atoms with E-state index in [1.807, 2.05) is 13.0 Å². The van der Waals surface area contributed by atoms with E-state index in [-0.39, 0.29) is 11.3 Å². The van der Waals surface area contributed by atoms with Crippen LogP contribution in [0, 0.1) is 0 Å². The van der Waals surface area contributed by atoms with Crippen molar-refractivity contribution in [3.8, 4) is 0 Å². The Morgan fingerprint density at radius 3 is 2.32 bits per heavy atom. The zero-order valence-electron chi connectivity index (χ0n) is 14.1. The van der Waals surface area contributed by atoms with Crippen LogP contribution in [0.2, 0.25) is 0 Å². The van der Waals surface area contributed by atoms with E-state index in [1.54, 1.807) is 0 Å². The fourth-order valence-electron chi connectivity index (χ4n) is 2.02. The molecular weight excluding hydrogens is 276 g/mol. The summed E-state index contributed by atoms with van der Waals surface area (Å²) in [5.41, 5.74) is 1.24. The van der Waals surface area contributed by atoms with E-state index in [0.29, 0.717) is 19.6 Å². The van der Waals surface area contributed by atoms with Crippen molar-refractivity contribution < 1.29 is 4.79 Å². The van der Waals surface area contributed by atoms with Crippen molar-refractivity contribution in [2.45, 2.75) is 33.1 Å². The van der Waals surface area contributed by atoms with Crippen molar-refractivity contribution in [3.63, 3.8) is 0 Å². The lowest BCUT2D eigenvalue weighted by atomic mass is 9.85. The van der Waals surface area contributed by atoms with E-state index >= 15 is 0 Å². The molecule has 0 aliphatic heterocycles. The SMILES string of the molecule is CCNC(=NCC(C)(C)c1ccccc1)NCCNC(C)=O. The first-order valence-corrected chi connectivity index (χ1v) is 7.78. The first-order chi connectivity index (χ1) is 10.5. The maximum Gasteiger partial charge on any atom is 0.216 e. The Bertz CT molecular complexity index is 483. The summed E-state index contributed by atoms with van der Waals surface area (Å²) in [7, 11) is 0. The Labute approximate surface area is 133 Å². The number of benzene rings is 1. The predicted octanol–water partition coefficient (Wildman–Crippen LogP) is 1.66. The van der Waals surface area contributed by atoms with Crippen LogP contribution in [-0.2, 0) is 10.2 Å². The number of guanidine groups is 1. The fourth-order valence-corrected chi connectivity index (χ4v) is 2.02. The average molecular weight is 304 g/mol. The van der Waals surface area contributed by atoms with Crippen molar-refractivity contribution in [2.75, 3.05) is 26.2 Å². The largest absolute Gasteiger partial charge is 0.357 e. The summed E-state index contributed by atoms with van der Waals surface area (Å²) in [5.74, 6) is 0.755. The van der Waals surface area contributed by atoms with Crippen molar-refractivity contribution >= 4 is 11.9 Å². The highest BCUT2D eigenvalue weighted by molar-refractivity contribution is 5.80. The van der Waals surface area contributed by atoms with Crippen LogP contribution in [0.15, 0.2) is 35.3 Å². The molecule has 0 saturated heterocycles. The van der Waals surface area contributed by atoms with Crippen LogP contribution in [0.3, 0.4) is 0 Å². The Hall–Kier alpha value is -2.04. The molecule has 0 spiro atoms. The molecule has 3 N–H and O–H groups in total. The molecule has 0 bridgehead atoms. The van der Waals surface area contributed by atoms with Crippen LogP contribution in [-0.4, -0.2) is 38.0 Å². The normalized spacial score (nSPS) is 11.9. The lowest BCUT2D eigenvalue weighted by Crippen LogP contribution is -2.42. The first kappa shape index (κ1) is 18.0. The molecule has 0 heterocycles. The zero-order chi connectivity index (χ0) is 16.4. The van der Waals surface area contributed by atoms with Gasteiger partial charge in [-0.2, -0.15) is 0 Å². The van der Waals surface area contributed by atoms with Gasteiger partial charge in [0.05, 0.1) is 6.54 Å². The van der Waals surface area contributed by atoms with Crippen LogP contribution >= 0.6 is 0 Å². The lowest BCUT2D eigenvalue weighted by Gasteiger charge is -2.24. The highest BCUT2D eigenvalue weighted by Crippen LogP contribution is 2.22. The van der Waals surface area contributed by atoms with Crippen LogP contribution < -0.4 is 16.0 Å². The highest BCUT2D eigenvalue weighted by atomic mass is 16.1. The van der Waals surface area contributed by atoms with Gasteiger partial charge in [-0.25, -0.2) is 0 Å². The topological polar surface area (TPSA) is 65.5 Å². The van der Waals surface area contributed by atoms with Crippen LogP contribution in [0.4, 0.5) is 0 Å². The molecule has 1 amide bonds. The fraction of sp³-hybridized carbons (Fsp3) is 0.529. The summed E-state index contributed by atoms with van der Waals surface area (Å²) < 4.78 is 0. The van der Waals surface area contributed by atoms with E-state index in [4.69, 9.17) is 0 Å². The lowest BCUT2D eigenvalue weighted by molar-refractivity contribution is -0.118. The second-order valence-electron chi connectivity index (χ2n) is 5.85. The molecule has 0 saturated carbocycles. The molecule has 0 aromatic heterocycles. The number of carbonyl (C=O) groups is 1. The first-order valence-electron chi connectivity index (χ1n) is 7.78. The minimum absolute atomic E-state index is 0.0195. The third-order valence-corrected chi connectivity index (χ3v) is 3.32. The van der Waals surface area contributed by atoms with Crippen LogP contribution in [0.25, 0.3) is 0 Å². The minimum atomic E-state index is -0.0265. The zero-order valence-corrected chi connectivity index (χ0v) is 14.1. The molecule has 1 aromatic carbocycles. The molecule has 0 unspecified atom stereocenters. The smallest absolute Gasteiger partial charge is 0.216 e. The number of carbonyl (C=O) groups excluding carboxylic acids is 1. The van der Waals surface area contributed by atoms with E-state index in [0.717, 1.165) is 12.5 Å². The standard InChI is InChI=1S/C17H28N4O/c1-5-18-16(20-12-11-19-14(2)22)21-13-17(3,4)15-9-7-6-8-10-15/h6-10H,5,11-13H2,1-4H3,(H,19,22)(H2,18,20,21). The molecule has 0 aliphatic rings. The average Bonchev–Trinajstić information content (AvgIpc) is 2.49. The Kier molecular flexibility index (Phi) is 7.43. The van der Waals surface area contributed by atoms with Gasteiger partial charge >= 0.3 is 0 Å². The second kappa shape index (κ2) is 9.07. The number of amides is 1. The predicted molar refractivity (Wildman–Crippen MR) is 92.1 cm³/mol. The Balaban J connectivity index is 2.59. The summed E-state index contributed by atoms with van der Waals surface area (Å²) in [4.78, 5) is 15.5. The molecular formula is C17H28N4O. The third kappa shape index (κ3) is 6.61. The number of hydrogen-bond donors (Lipinski definition) is 3. The number of rotatable bonds is 7. The molecule has 1 aromatic rings. The van der Waals surface area contributed by atoms with E-state index in [2.05, 4.69) is 59.1 Å². The molecule has 122 valence electrons. The van der Waals surface area contributed by atoms with Gasteiger partial charge in [0.25, 0.3) is 0 Å². The monoisotopic (exact) mass is 304 g/mol. The van der Waals surface area contributed by atoms with Gasteiger partial charge in [0.1, 0.15) is 0 Å². The van der Waals surface area contributed by atoms with Crippen molar-refractivity contribution in [3.05, 3.63) is 35.9 Å². The summed E-state index contributed by atoms with van der Waals surface area (Å²) in [6.07, 6.45) is 0. The molecule has 1 rings (SSSR count). The molecule has 22 heavy (non-hydrogen) atoms. The summed E-state index contributed by atoms with van der Waals surface area (Å²) in [5, 5.41) is 9.20. The molecule has 0 radical (unpaired) electrons. The molecule has 5 heteroatoms. The van der Waals surface area contributed by atoms with Gasteiger partial charge in [-0.1, -0.05) is 44.2 Å². The van der Waals surface area contributed by atoms with Gasteiger partial charge in [-0.15, -0.1) is 0 Å². The molecule has 0 atom stereocenters. The van der Waals surface area contributed by atoms with Gasteiger partial charge in [-0.3, -0.25) is 9.79 Å². The Morgan fingerprint density at radius 1 is 1.09 bits per heavy atom. The van der Waals surface area contributed by atoms with E-state index < -0.39 is 0 Å². The number of hydrogen-bond acceptors (Lipinski definition) is 2. The second-order valence-corrected chi connectivity index (χ2v) is 5.85. The van der Waals surface area contributed by atoms with Crippen molar-refractivity contribution in [1.29, 1.82) is 0 Å². The van der Waals surface area contributed by atoms with Crippen molar-refractivity contribution in [1.82, 2.24) is 16.0 Å². The van der Waals surface area contributed by atoms with Crippen LogP contribution in [0.1, 0.15) is 33.3 Å². The van der Waals surface area contributed by atoms with Gasteiger partial charge in [0, 0.05) is 32.0 Å². The number of nitrogens with zero attached hydrogens (tertiary/aromatic N) is 1. The molecule has 5 nitrogen and oxygen atoms in total. The van der Waals surface area contributed by atoms with Gasteiger partial charge in [0.2, 0.25) is 5.91 Å². The third-order valence-electron chi connectivity index (χ3n) is 3.32. The molecule has 0 aliphatic carbocycles. The minimum Gasteiger partial charge on any atom is -0.357 e. The van der Waals surface area contributed by atoms with Crippen molar-refractivity contribution in [2.24, 2.45) is 4.99 Å². The summed E-state index contributed by atoms with van der Waals surface area (Å²) in [6, 6.07) is 10.4. The Morgan fingerprint density at radius 2 is 1.73 bits per heavy atom. The van der Waals surface area contributed by atoms with Gasteiger partial charge in [0.15, 0.2) is 5.96 Å². The maximum absolute atomic E-state index is 10.8. The molecule has 0 fully saturated rings. The van der Waals surface area contributed by atoms with E-state index in [9.17, 15) is 4.79 Å². The summed E-state index contributed by atoms with van der Waals surface area (Å²) >= 11 is 0. The number of nitrogens with one attached hydrogen (secondary N) is 3. The van der Waals surface area contributed by atoms with Gasteiger partial charge < -0.3 is 16.0 Å². The quantitative estimate of drug-likeness (QED) is 0.408. The van der Waals surface area contributed by atoms with E-state index in [1.165, 1.54) is 12.5 Å². The summed E-state index contributed by atoms with van der Waals surface area (Å²) in [6.45, 7) is 10.7. The van der Waals surface area contributed by atoms with Crippen LogP contribution in [0.5, 0.6) is 0 Å². The number of aliphatic imine (C=N–C) groups is 1. The van der Waals surface area contributed by atoms with Gasteiger partial charge in [-0.05, 0) is 12.5 Å².